The molecule has 4 rings (SSSR count). The molecule has 2 aromatic carbocycles. The summed E-state index contributed by atoms with van der Waals surface area (Å²) in [4.78, 5) is 12.6. The standard InChI is InChI=1S/C24H24N4O3S/c1-30-15-13-25-23(29)20-11-6-5-10-19(20)17-32-24-27-26-22(21-12-7-14-31-21)28(24)16-18-8-3-2-4-9-18/h2-12,14H,13,15-17H2,1H3,(H,25,29). The van der Waals surface area contributed by atoms with Crippen molar-refractivity contribution in [1.29, 1.82) is 0 Å². The number of hydrogen-bond donors (Lipinski definition) is 1. The van der Waals surface area contributed by atoms with Gasteiger partial charge in [-0.2, -0.15) is 0 Å². The molecule has 2 heterocycles. The highest BCUT2D eigenvalue weighted by Crippen LogP contribution is 2.28. The van der Waals surface area contributed by atoms with Crippen LogP contribution in [0.4, 0.5) is 0 Å². The van der Waals surface area contributed by atoms with E-state index in [1.165, 1.54) is 0 Å². The quantitative estimate of drug-likeness (QED) is 0.288. The van der Waals surface area contributed by atoms with Crippen molar-refractivity contribution in [3.8, 4) is 11.6 Å². The predicted molar refractivity (Wildman–Crippen MR) is 123 cm³/mol. The molecule has 32 heavy (non-hydrogen) atoms. The molecule has 2 aromatic heterocycles. The van der Waals surface area contributed by atoms with Gasteiger partial charge in [0.25, 0.3) is 5.91 Å². The predicted octanol–water partition coefficient (Wildman–Crippen LogP) is 4.25. The maximum absolute atomic E-state index is 12.6. The van der Waals surface area contributed by atoms with E-state index < -0.39 is 0 Å². The Morgan fingerprint density at radius 1 is 1.06 bits per heavy atom. The summed E-state index contributed by atoms with van der Waals surface area (Å²) in [6.45, 7) is 1.56. The zero-order chi connectivity index (χ0) is 22.2. The van der Waals surface area contributed by atoms with Crippen molar-refractivity contribution in [2.75, 3.05) is 20.3 Å². The number of benzene rings is 2. The Bertz CT molecular complexity index is 1140. The number of carbonyl (C=O) groups excluding carboxylic acids is 1. The van der Waals surface area contributed by atoms with Crippen LogP contribution in [0.2, 0.25) is 0 Å². The van der Waals surface area contributed by atoms with E-state index in [2.05, 4.69) is 27.6 Å². The number of aromatic nitrogens is 3. The van der Waals surface area contributed by atoms with Gasteiger partial charge in [0.1, 0.15) is 0 Å². The molecule has 0 bridgehead atoms. The number of thioether (sulfide) groups is 1. The van der Waals surface area contributed by atoms with Gasteiger partial charge in [0, 0.05) is 25.0 Å². The van der Waals surface area contributed by atoms with Crippen molar-refractivity contribution < 1.29 is 13.9 Å². The lowest BCUT2D eigenvalue weighted by Crippen LogP contribution is -2.27. The minimum atomic E-state index is -0.111. The largest absolute Gasteiger partial charge is 0.461 e. The van der Waals surface area contributed by atoms with Crippen LogP contribution in [0, 0.1) is 0 Å². The zero-order valence-electron chi connectivity index (χ0n) is 17.7. The molecule has 0 saturated heterocycles. The van der Waals surface area contributed by atoms with Crippen LogP contribution in [0.5, 0.6) is 0 Å². The van der Waals surface area contributed by atoms with Gasteiger partial charge in [-0.3, -0.25) is 9.36 Å². The first kappa shape index (κ1) is 21.9. The maximum Gasteiger partial charge on any atom is 0.251 e. The number of nitrogens with one attached hydrogen (secondary N) is 1. The van der Waals surface area contributed by atoms with Crippen LogP contribution in [0.3, 0.4) is 0 Å². The molecule has 0 aliphatic heterocycles. The Labute approximate surface area is 190 Å². The van der Waals surface area contributed by atoms with Gasteiger partial charge >= 0.3 is 0 Å². The molecule has 8 heteroatoms. The smallest absolute Gasteiger partial charge is 0.251 e. The van der Waals surface area contributed by atoms with E-state index >= 15 is 0 Å². The van der Waals surface area contributed by atoms with Crippen LogP contribution in [-0.2, 0) is 17.0 Å². The second-order valence-corrected chi connectivity index (χ2v) is 7.99. The summed E-state index contributed by atoms with van der Waals surface area (Å²) in [5, 5.41) is 12.4. The van der Waals surface area contributed by atoms with Crippen LogP contribution >= 0.6 is 11.8 Å². The molecule has 1 amide bonds. The fourth-order valence-corrected chi connectivity index (χ4v) is 4.21. The summed E-state index contributed by atoms with van der Waals surface area (Å²) in [6, 6.07) is 21.5. The molecule has 0 aliphatic carbocycles. The fourth-order valence-electron chi connectivity index (χ4n) is 3.26. The lowest BCUT2D eigenvalue weighted by atomic mass is 10.1. The van der Waals surface area contributed by atoms with Gasteiger partial charge in [-0.25, -0.2) is 0 Å². The summed E-state index contributed by atoms with van der Waals surface area (Å²) in [7, 11) is 1.61. The summed E-state index contributed by atoms with van der Waals surface area (Å²) in [5.41, 5.74) is 2.72. The van der Waals surface area contributed by atoms with E-state index in [1.54, 1.807) is 25.1 Å². The number of amides is 1. The zero-order valence-corrected chi connectivity index (χ0v) is 18.5. The third kappa shape index (κ3) is 5.27. The van der Waals surface area contributed by atoms with Crippen molar-refractivity contribution in [3.05, 3.63) is 89.7 Å². The van der Waals surface area contributed by atoms with Crippen molar-refractivity contribution >= 4 is 17.7 Å². The summed E-state index contributed by atoms with van der Waals surface area (Å²) in [5.74, 6) is 1.81. The number of ether oxygens (including phenoxy) is 1. The van der Waals surface area contributed by atoms with Crippen LogP contribution < -0.4 is 5.32 Å². The minimum Gasteiger partial charge on any atom is -0.461 e. The van der Waals surface area contributed by atoms with Gasteiger partial charge in [-0.1, -0.05) is 60.3 Å². The Kier molecular flexibility index (Phi) is 7.37. The molecule has 1 N–H and O–H groups in total. The first-order valence-corrected chi connectivity index (χ1v) is 11.2. The van der Waals surface area contributed by atoms with Crippen molar-refractivity contribution in [2.24, 2.45) is 0 Å². The number of rotatable bonds is 10. The molecule has 0 fully saturated rings. The SMILES string of the molecule is COCCNC(=O)c1ccccc1CSc1nnc(-c2ccco2)n1Cc1ccccc1. The van der Waals surface area contributed by atoms with E-state index in [9.17, 15) is 4.79 Å². The highest BCUT2D eigenvalue weighted by Gasteiger charge is 2.18. The molecule has 0 spiro atoms. The topological polar surface area (TPSA) is 82.2 Å². The third-order valence-electron chi connectivity index (χ3n) is 4.85. The maximum atomic E-state index is 12.6. The van der Waals surface area contributed by atoms with Gasteiger partial charge in [-0.15, -0.1) is 10.2 Å². The molecule has 7 nitrogen and oxygen atoms in total. The summed E-state index contributed by atoms with van der Waals surface area (Å²) < 4.78 is 12.6. The third-order valence-corrected chi connectivity index (χ3v) is 5.87. The summed E-state index contributed by atoms with van der Waals surface area (Å²) in [6.07, 6.45) is 1.63. The van der Waals surface area contributed by atoms with Crippen LogP contribution in [-0.4, -0.2) is 40.9 Å². The second-order valence-electron chi connectivity index (χ2n) is 7.05. The lowest BCUT2D eigenvalue weighted by Gasteiger charge is -2.11. The number of carbonyl (C=O) groups is 1. The molecule has 0 unspecified atom stereocenters. The van der Waals surface area contributed by atoms with E-state index in [1.807, 2.05) is 59.2 Å². The first-order chi connectivity index (χ1) is 15.8. The van der Waals surface area contributed by atoms with Crippen LogP contribution in [0.15, 0.2) is 82.6 Å². The van der Waals surface area contributed by atoms with E-state index in [-0.39, 0.29) is 5.91 Å². The molecule has 0 aliphatic rings. The molecule has 0 atom stereocenters. The molecule has 4 aromatic rings. The van der Waals surface area contributed by atoms with Gasteiger partial charge in [-0.05, 0) is 29.3 Å². The second kappa shape index (κ2) is 10.8. The van der Waals surface area contributed by atoms with E-state index in [0.717, 1.165) is 16.3 Å². The van der Waals surface area contributed by atoms with Crippen molar-refractivity contribution in [3.63, 3.8) is 0 Å². The van der Waals surface area contributed by atoms with Gasteiger partial charge in [0.2, 0.25) is 5.82 Å². The Morgan fingerprint density at radius 3 is 2.66 bits per heavy atom. The van der Waals surface area contributed by atoms with E-state index in [4.69, 9.17) is 9.15 Å². The molecular weight excluding hydrogens is 424 g/mol. The highest BCUT2D eigenvalue weighted by molar-refractivity contribution is 7.98. The van der Waals surface area contributed by atoms with Crippen LogP contribution in [0.25, 0.3) is 11.6 Å². The normalized spacial score (nSPS) is 10.9. The fraction of sp³-hybridized carbons (Fsp3) is 0.208. The molecule has 0 saturated carbocycles. The Balaban J connectivity index is 1.56. The van der Waals surface area contributed by atoms with Gasteiger partial charge in [0.05, 0.1) is 19.4 Å². The van der Waals surface area contributed by atoms with Gasteiger partial charge in [0.15, 0.2) is 10.9 Å². The average molecular weight is 449 g/mol. The van der Waals surface area contributed by atoms with Gasteiger partial charge < -0.3 is 14.5 Å². The van der Waals surface area contributed by atoms with Crippen LogP contribution in [0.1, 0.15) is 21.5 Å². The van der Waals surface area contributed by atoms with Crippen molar-refractivity contribution in [2.45, 2.75) is 17.5 Å². The Morgan fingerprint density at radius 2 is 1.88 bits per heavy atom. The first-order valence-electron chi connectivity index (χ1n) is 10.2. The average Bonchev–Trinajstić information content (AvgIpc) is 3.49. The van der Waals surface area contributed by atoms with Crippen molar-refractivity contribution in [1.82, 2.24) is 20.1 Å². The highest BCUT2D eigenvalue weighted by atomic mass is 32.2. The number of hydrogen-bond acceptors (Lipinski definition) is 6. The number of nitrogens with zero attached hydrogens (tertiary/aromatic N) is 3. The van der Waals surface area contributed by atoms with E-state index in [0.29, 0.717) is 42.6 Å². The molecular formula is C24H24N4O3S. The number of methoxy groups -OCH3 is 1. The Hall–Kier alpha value is -3.36. The number of furan rings is 1. The molecule has 164 valence electrons. The summed E-state index contributed by atoms with van der Waals surface area (Å²) >= 11 is 1.54. The lowest BCUT2D eigenvalue weighted by molar-refractivity contribution is 0.0936. The molecule has 0 radical (unpaired) electrons. The monoisotopic (exact) mass is 448 g/mol. The minimum absolute atomic E-state index is 0.111.